The van der Waals surface area contributed by atoms with Crippen molar-refractivity contribution in [3.05, 3.63) is 64.7 Å². The van der Waals surface area contributed by atoms with Gasteiger partial charge in [-0.25, -0.2) is 5.84 Å². The molecular weight excluding hydrogens is 252 g/mol. The monoisotopic (exact) mass is 270 g/mol. The van der Waals surface area contributed by atoms with E-state index in [9.17, 15) is 4.79 Å². The van der Waals surface area contributed by atoms with Crippen LogP contribution in [0.5, 0.6) is 5.75 Å². The number of aryl methyl sites for hydroxylation is 1. The van der Waals surface area contributed by atoms with E-state index in [1.54, 1.807) is 12.1 Å². The van der Waals surface area contributed by atoms with E-state index in [-0.39, 0.29) is 5.91 Å². The van der Waals surface area contributed by atoms with Crippen LogP contribution < -0.4 is 16.0 Å². The first kappa shape index (κ1) is 14.1. The molecule has 0 saturated carbocycles. The molecule has 20 heavy (non-hydrogen) atoms. The standard InChI is InChI=1S/C16H18N2O2/c1-11-6-5-9-15(12(11)2)20-10-13-7-3-4-8-14(13)16(19)18-17/h3-9H,10,17H2,1-2H3,(H,18,19). The maximum absolute atomic E-state index is 11.7. The van der Waals surface area contributed by atoms with Crippen molar-refractivity contribution >= 4 is 5.91 Å². The van der Waals surface area contributed by atoms with E-state index in [1.165, 1.54) is 5.56 Å². The van der Waals surface area contributed by atoms with Crippen LogP contribution in [0.1, 0.15) is 27.0 Å². The lowest BCUT2D eigenvalue weighted by molar-refractivity contribution is 0.0951. The molecule has 2 aromatic carbocycles. The molecule has 0 aliphatic rings. The van der Waals surface area contributed by atoms with Gasteiger partial charge in [-0.1, -0.05) is 30.3 Å². The highest BCUT2D eigenvalue weighted by Gasteiger charge is 2.10. The number of rotatable bonds is 4. The minimum absolute atomic E-state index is 0.315. The SMILES string of the molecule is Cc1cccc(OCc2ccccc2C(=O)NN)c1C. The van der Waals surface area contributed by atoms with Gasteiger partial charge >= 0.3 is 0 Å². The third-order valence-corrected chi connectivity index (χ3v) is 3.33. The van der Waals surface area contributed by atoms with Gasteiger partial charge in [-0.15, -0.1) is 0 Å². The maximum atomic E-state index is 11.7. The van der Waals surface area contributed by atoms with Gasteiger partial charge in [-0.05, 0) is 37.1 Å². The van der Waals surface area contributed by atoms with Gasteiger partial charge in [-0.2, -0.15) is 0 Å². The van der Waals surface area contributed by atoms with Crippen LogP contribution in [0.4, 0.5) is 0 Å². The molecule has 0 fully saturated rings. The van der Waals surface area contributed by atoms with Crippen molar-refractivity contribution in [1.82, 2.24) is 5.43 Å². The molecule has 0 bridgehead atoms. The summed E-state index contributed by atoms with van der Waals surface area (Å²) in [4.78, 5) is 11.7. The number of carbonyl (C=O) groups is 1. The van der Waals surface area contributed by atoms with E-state index in [2.05, 4.69) is 5.43 Å². The molecule has 0 atom stereocenters. The van der Waals surface area contributed by atoms with Crippen LogP contribution in [0.3, 0.4) is 0 Å². The Balaban J connectivity index is 2.19. The number of hydrogen-bond donors (Lipinski definition) is 2. The summed E-state index contributed by atoms with van der Waals surface area (Å²) in [7, 11) is 0. The Labute approximate surface area is 118 Å². The first-order valence-corrected chi connectivity index (χ1v) is 6.41. The highest BCUT2D eigenvalue weighted by Crippen LogP contribution is 2.22. The molecule has 0 unspecified atom stereocenters. The number of nitrogens with two attached hydrogens (primary N) is 1. The second-order valence-electron chi connectivity index (χ2n) is 4.62. The minimum atomic E-state index is -0.315. The summed E-state index contributed by atoms with van der Waals surface area (Å²) in [5.41, 5.74) is 5.76. The summed E-state index contributed by atoms with van der Waals surface area (Å²) < 4.78 is 5.82. The van der Waals surface area contributed by atoms with Crippen molar-refractivity contribution in [2.75, 3.05) is 0 Å². The van der Waals surface area contributed by atoms with Crippen molar-refractivity contribution in [2.45, 2.75) is 20.5 Å². The topological polar surface area (TPSA) is 64.3 Å². The zero-order chi connectivity index (χ0) is 14.5. The number of ether oxygens (including phenoxy) is 1. The lowest BCUT2D eigenvalue weighted by Gasteiger charge is -2.13. The van der Waals surface area contributed by atoms with Crippen LogP contribution in [-0.2, 0) is 6.61 Å². The number of benzene rings is 2. The normalized spacial score (nSPS) is 10.2. The lowest BCUT2D eigenvalue weighted by atomic mass is 10.1. The first-order valence-electron chi connectivity index (χ1n) is 6.41. The Bertz CT molecular complexity index is 624. The predicted octanol–water partition coefficient (Wildman–Crippen LogP) is 2.49. The van der Waals surface area contributed by atoms with Crippen LogP contribution in [0.2, 0.25) is 0 Å². The van der Waals surface area contributed by atoms with E-state index in [0.717, 1.165) is 16.9 Å². The predicted molar refractivity (Wildman–Crippen MR) is 78.3 cm³/mol. The molecule has 0 aliphatic carbocycles. The van der Waals surface area contributed by atoms with Crippen LogP contribution in [0.25, 0.3) is 0 Å². The fraction of sp³-hybridized carbons (Fsp3) is 0.188. The van der Waals surface area contributed by atoms with Crippen LogP contribution >= 0.6 is 0 Å². The zero-order valence-electron chi connectivity index (χ0n) is 11.6. The fourth-order valence-electron chi connectivity index (χ4n) is 1.98. The van der Waals surface area contributed by atoms with E-state index in [1.807, 2.05) is 44.2 Å². The smallest absolute Gasteiger partial charge is 0.265 e. The molecule has 0 radical (unpaired) electrons. The van der Waals surface area contributed by atoms with E-state index in [4.69, 9.17) is 10.6 Å². The van der Waals surface area contributed by atoms with Gasteiger partial charge in [0, 0.05) is 11.1 Å². The average molecular weight is 270 g/mol. The van der Waals surface area contributed by atoms with Crippen LogP contribution in [0.15, 0.2) is 42.5 Å². The number of nitrogen functional groups attached to an aromatic ring is 1. The summed E-state index contributed by atoms with van der Waals surface area (Å²) in [6.07, 6.45) is 0. The van der Waals surface area contributed by atoms with Gasteiger partial charge in [0.25, 0.3) is 5.91 Å². The Kier molecular flexibility index (Phi) is 4.38. The maximum Gasteiger partial charge on any atom is 0.265 e. The lowest BCUT2D eigenvalue weighted by Crippen LogP contribution is -2.30. The Morgan fingerprint density at radius 2 is 1.90 bits per heavy atom. The van der Waals surface area contributed by atoms with Crippen molar-refractivity contribution in [2.24, 2.45) is 5.84 Å². The summed E-state index contributed by atoms with van der Waals surface area (Å²) in [6, 6.07) is 13.2. The molecule has 0 spiro atoms. The number of hydrogen-bond acceptors (Lipinski definition) is 3. The van der Waals surface area contributed by atoms with Gasteiger partial charge in [0.15, 0.2) is 0 Å². The minimum Gasteiger partial charge on any atom is -0.489 e. The molecule has 2 rings (SSSR count). The molecule has 3 N–H and O–H groups in total. The van der Waals surface area contributed by atoms with Crippen molar-refractivity contribution in [3.63, 3.8) is 0 Å². The van der Waals surface area contributed by atoms with Crippen molar-refractivity contribution < 1.29 is 9.53 Å². The molecule has 0 saturated heterocycles. The highest BCUT2D eigenvalue weighted by atomic mass is 16.5. The van der Waals surface area contributed by atoms with Crippen molar-refractivity contribution in [3.8, 4) is 5.75 Å². The largest absolute Gasteiger partial charge is 0.489 e. The number of nitrogens with one attached hydrogen (secondary N) is 1. The molecule has 1 amide bonds. The molecule has 4 nitrogen and oxygen atoms in total. The quantitative estimate of drug-likeness (QED) is 0.509. The summed E-state index contributed by atoms with van der Waals surface area (Å²) in [5.74, 6) is 5.70. The van der Waals surface area contributed by atoms with E-state index >= 15 is 0 Å². The molecule has 0 aliphatic heterocycles. The van der Waals surface area contributed by atoms with Gasteiger partial charge in [0.05, 0.1) is 0 Å². The van der Waals surface area contributed by atoms with Crippen molar-refractivity contribution in [1.29, 1.82) is 0 Å². The molecule has 2 aromatic rings. The summed E-state index contributed by atoms with van der Waals surface area (Å²) in [6.45, 7) is 4.38. The van der Waals surface area contributed by atoms with Crippen LogP contribution in [0, 0.1) is 13.8 Å². The number of hydrazine groups is 1. The Hall–Kier alpha value is -2.33. The van der Waals surface area contributed by atoms with Crippen LogP contribution in [-0.4, -0.2) is 5.91 Å². The van der Waals surface area contributed by atoms with Gasteiger partial charge in [0.2, 0.25) is 0 Å². The molecule has 0 heterocycles. The zero-order valence-corrected chi connectivity index (χ0v) is 11.6. The molecule has 104 valence electrons. The average Bonchev–Trinajstić information content (AvgIpc) is 2.48. The second kappa shape index (κ2) is 6.21. The van der Waals surface area contributed by atoms with E-state index in [0.29, 0.717) is 12.2 Å². The van der Waals surface area contributed by atoms with E-state index < -0.39 is 0 Å². The number of carbonyl (C=O) groups excluding carboxylic acids is 1. The number of amides is 1. The third kappa shape index (κ3) is 2.97. The first-order chi connectivity index (χ1) is 9.63. The van der Waals surface area contributed by atoms with Gasteiger partial charge in [-0.3, -0.25) is 10.2 Å². The Morgan fingerprint density at radius 1 is 1.15 bits per heavy atom. The summed E-state index contributed by atoms with van der Waals surface area (Å²) >= 11 is 0. The van der Waals surface area contributed by atoms with Gasteiger partial charge < -0.3 is 4.74 Å². The highest BCUT2D eigenvalue weighted by molar-refractivity contribution is 5.95. The summed E-state index contributed by atoms with van der Waals surface area (Å²) in [5, 5.41) is 0. The fourth-order valence-corrected chi connectivity index (χ4v) is 1.98. The molecule has 0 aromatic heterocycles. The Morgan fingerprint density at radius 3 is 2.65 bits per heavy atom. The second-order valence-corrected chi connectivity index (χ2v) is 4.62. The van der Waals surface area contributed by atoms with Gasteiger partial charge in [0.1, 0.15) is 12.4 Å². The third-order valence-electron chi connectivity index (χ3n) is 3.33. The molecular formula is C16H18N2O2. The molecule has 4 heteroatoms.